The van der Waals surface area contributed by atoms with Crippen LogP contribution in [0.2, 0.25) is 0 Å². The van der Waals surface area contributed by atoms with Crippen LogP contribution in [0.25, 0.3) is 10.1 Å². The van der Waals surface area contributed by atoms with Crippen molar-refractivity contribution in [2.45, 2.75) is 4.90 Å². The average Bonchev–Trinajstić information content (AvgIpc) is 2.84. The Hall–Kier alpha value is -1.48. The molecule has 2 rings (SSSR count). The lowest BCUT2D eigenvalue weighted by Crippen LogP contribution is -2.33. The molecule has 0 bridgehead atoms. The predicted octanol–water partition coefficient (Wildman–Crippen LogP) is 1.44. The predicted molar refractivity (Wildman–Crippen MR) is 82.5 cm³/mol. The molecule has 0 saturated heterocycles. The van der Waals surface area contributed by atoms with E-state index in [0.29, 0.717) is 16.6 Å². The van der Waals surface area contributed by atoms with Gasteiger partial charge < -0.3 is 10.4 Å². The number of hydrogen-bond acceptors (Lipinski definition) is 5. The van der Waals surface area contributed by atoms with Crippen LogP contribution in [0.4, 0.5) is 0 Å². The Kier molecular flexibility index (Phi) is 4.62. The standard InChI is InChI=1S/C13H16N2O4S2/c1-14-7-8-15(2)21(18,19)12-9-5-3-4-6-10(9)20-11(12)13(16)17/h3-6,14H,7-8H2,1-2H3,(H,16,17). The van der Waals surface area contributed by atoms with Crippen LogP contribution in [0.1, 0.15) is 9.67 Å². The number of fused-ring (bicyclic) bond motifs is 1. The van der Waals surface area contributed by atoms with Crippen LogP contribution in [0.3, 0.4) is 0 Å². The molecule has 0 unspecified atom stereocenters. The largest absolute Gasteiger partial charge is 0.477 e. The highest BCUT2D eigenvalue weighted by Gasteiger charge is 2.31. The maximum absolute atomic E-state index is 12.7. The van der Waals surface area contributed by atoms with E-state index < -0.39 is 16.0 Å². The second-order valence-corrected chi connectivity index (χ2v) is 7.53. The van der Waals surface area contributed by atoms with E-state index in [1.807, 2.05) is 0 Å². The summed E-state index contributed by atoms with van der Waals surface area (Å²) in [6.45, 7) is 0.752. The molecule has 0 amide bonds. The van der Waals surface area contributed by atoms with Gasteiger partial charge in [-0.25, -0.2) is 13.2 Å². The number of nitrogens with zero attached hydrogens (tertiary/aromatic N) is 1. The highest BCUT2D eigenvalue weighted by Crippen LogP contribution is 2.35. The summed E-state index contributed by atoms with van der Waals surface area (Å²) in [7, 11) is -0.673. The van der Waals surface area contributed by atoms with E-state index in [9.17, 15) is 18.3 Å². The van der Waals surface area contributed by atoms with Crippen molar-refractivity contribution in [3.8, 4) is 0 Å². The van der Waals surface area contributed by atoms with Gasteiger partial charge in [0.1, 0.15) is 9.77 Å². The van der Waals surface area contributed by atoms with Gasteiger partial charge in [-0.3, -0.25) is 0 Å². The van der Waals surface area contributed by atoms with Crippen molar-refractivity contribution in [1.29, 1.82) is 0 Å². The zero-order valence-corrected chi connectivity index (χ0v) is 13.3. The Bertz CT molecular complexity index is 768. The number of nitrogens with one attached hydrogen (secondary N) is 1. The van der Waals surface area contributed by atoms with Crippen molar-refractivity contribution < 1.29 is 18.3 Å². The smallest absolute Gasteiger partial charge is 0.347 e. The van der Waals surface area contributed by atoms with E-state index in [2.05, 4.69) is 5.32 Å². The Morgan fingerprint density at radius 2 is 2.05 bits per heavy atom. The molecule has 0 atom stereocenters. The number of rotatable bonds is 6. The monoisotopic (exact) mass is 328 g/mol. The van der Waals surface area contributed by atoms with Crippen LogP contribution in [0, 0.1) is 0 Å². The first-order valence-electron chi connectivity index (χ1n) is 6.25. The fourth-order valence-corrected chi connectivity index (χ4v) is 4.83. The fourth-order valence-electron chi connectivity index (χ4n) is 1.96. The molecule has 1 heterocycles. The number of carbonyl (C=O) groups is 1. The minimum atomic E-state index is -3.85. The normalized spacial score (nSPS) is 12.1. The molecule has 21 heavy (non-hydrogen) atoms. The minimum absolute atomic E-state index is 0.116. The van der Waals surface area contributed by atoms with E-state index in [-0.39, 0.29) is 16.3 Å². The van der Waals surface area contributed by atoms with E-state index >= 15 is 0 Å². The van der Waals surface area contributed by atoms with Crippen molar-refractivity contribution in [2.75, 3.05) is 27.2 Å². The van der Waals surface area contributed by atoms with Crippen molar-refractivity contribution >= 4 is 37.4 Å². The Morgan fingerprint density at radius 3 is 2.67 bits per heavy atom. The van der Waals surface area contributed by atoms with Crippen LogP contribution in [0.15, 0.2) is 29.2 Å². The molecule has 114 valence electrons. The molecule has 2 aromatic rings. The molecular formula is C13H16N2O4S2. The number of likely N-dealkylation sites (N-methyl/N-ethyl adjacent to an activating group) is 2. The average molecular weight is 328 g/mol. The van der Waals surface area contributed by atoms with Gasteiger partial charge in [-0.05, 0) is 13.1 Å². The molecule has 2 N–H and O–H groups in total. The number of sulfonamides is 1. The van der Waals surface area contributed by atoms with Crippen molar-refractivity contribution in [3.05, 3.63) is 29.1 Å². The third-order valence-electron chi connectivity index (χ3n) is 3.09. The first kappa shape index (κ1) is 15.9. The molecule has 1 aromatic carbocycles. The van der Waals surface area contributed by atoms with Gasteiger partial charge in [0.15, 0.2) is 0 Å². The molecule has 6 nitrogen and oxygen atoms in total. The Balaban J connectivity index is 2.63. The molecule has 8 heteroatoms. The number of thiophene rings is 1. The van der Waals surface area contributed by atoms with Crippen LogP contribution in [-0.2, 0) is 10.0 Å². The fraction of sp³-hybridized carbons (Fsp3) is 0.308. The SMILES string of the molecule is CNCCN(C)S(=O)(=O)c1c(C(=O)O)sc2ccccc12. The van der Waals surface area contributed by atoms with Gasteiger partial charge in [0.05, 0.1) is 0 Å². The van der Waals surface area contributed by atoms with Gasteiger partial charge in [-0.1, -0.05) is 18.2 Å². The van der Waals surface area contributed by atoms with Gasteiger partial charge in [0, 0.05) is 30.2 Å². The van der Waals surface area contributed by atoms with E-state index in [1.165, 1.54) is 11.4 Å². The van der Waals surface area contributed by atoms with Gasteiger partial charge in [0.25, 0.3) is 0 Å². The lowest BCUT2D eigenvalue weighted by Gasteiger charge is -2.17. The number of aromatic carboxylic acids is 1. The highest BCUT2D eigenvalue weighted by molar-refractivity contribution is 7.89. The van der Waals surface area contributed by atoms with Crippen molar-refractivity contribution in [1.82, 2.24) is 9.62 Å². The first-order valence-corrected chi connectivity index (χ1v) is 8.51. The maximum Gasteiger partial charge on any atom is 0.347 e. The zero-order chi connectivity index (χ0) is 15.6. The lowest BCUT2D eigenvalue weighted by molar-refractivity contribution is 0.0698. The Labute approximate surface area is 127 Å². The van der Waals surface area contributed by atoms with E-state index in [1.54, 1.807) is 31.3 Å². The Morgan fingerprint density at radius 1 is 1.38 bits per heavy atom. The molecule has 0 aliphatic rings. The summed E-state index contributed by atoms with van der Waals surface area (Å²) >= 11 is 0.979. The van der Waals surface area contributed by atoms with Gasteiger partial charge in [0.2, 0.25) is 10.0 Å². The van der Waals surface area contributed by atoms with Gasteiger partial charge in [-0.2, -0.15) is 4.31 Å². The first-order chi connectivity index (χ1) is 9.89. The summed E-state index contributed by atoms with van der Waals surface area (Å²) in [6, 6.07) is 6.81. The number of hydrogen-bond donors (Lipinski definition) is 2. The van der Waals surface area contributed by atoms with Crippen molar-refractivity contribution in [2.24, 2.45) is 0 Å². The minimum Gasteiger partial charge on any atom is -0.477 e. The van der Waals surface area contributed by atoms with Gasteiger partial charge in [-0.15, -0.1) is 11.3 Å². The van der Waals surface area contributed by atoms with Crippen molar-refractivity contribution in [3.63, 3.8) is 0 Å². The summed E-state index contributed by atoms with van der Waals surface area (Å²) < 4.78 is 27.2. The van der Waals surface area contributed by atoms with Crippen LogP contribution >= 0.6 is 11.3 Å². The second kappa shape index (κ2) is 6.10. The highest BCUT2D eigenvalue weighted by atomic mass is 32.2. The molecule has 1 aromatic heterocycles. The van der Waals surface area contributed by atoms with Crippen LogP contribution in [0.5, 0.6) is 0 Å². The summed E-state index contributed by atoms with van der Waals surface area (Å²) in [6.07, 6.45) is 0. The zero-order valence-electron chi connectivity index (χ0n) is 11.7. The second-order valence-electron chi connectivity index (χ2n) is 4.49. The molecular weight excluding hydrogens is 312 g/mol. The number of benzene rings is 1. The molecule has 0 saturated carbocycles. The quantitative estimate of drug-likeness (QED) is 0.838. The molecule has 0 aliphatic heterocycles. The molecule has 0 aliphatic carbocycles. The summed E-state index contributed by atoms with van der Waals surface area (Å²) in [5, 5.41) is 12.6. The topological polar surface area (TPSA) is 86.7 Å². The van der Waals surface area contributed by atoms with E-state index in [4.69, 9.17) is 0 Å². The van der Waals surface area contributed by atoms with Crippen LogP contribution < -0.4 is 5.32 Å². The number of carboxylic acid groups (broad SMARTS) is 1. The summed E-state index contributed by atoms with van der Waals surface area (Å²) in [4.78, 5) is 11.1. The van der Waals surface area contributed by atoms with Crippen LogP contribution in [-0.4, -0.2) is 51.0 Å². The lowest BCUT2D eigenvalue weighted by atomic mass is 10.2. The molecule has 0 spiro atoms. The summed E-state index contributed by atoms with van der Waals surface area (Å²) in [5.41, 5.74) is 0. The third-order valence-corrected chi connectivity index (χ3v) is 6.32. The number of carboxylic acids is 1. The molecule has 0 radical (unpaired) electrons. The summed E-state index contributed by atoms with van der Waals surface area (Å²) in [5.74, 6) is -1.23. The third kappa shape index (κ3) is 2.93. The maximum atomic E-state index is 12.7. The van der Waals surface area contributed by atoms with Gasteiger partial charge >= 0.3 is 5.97 Å². The van der Waals surface area contributed by atoms with E-state index in [0.717, 1.165) is 11.3 Å². The molecule has 0 fully saturated rings.